The Morgan fingerprint density at radius 1 is 1.33 bits per heavy atom. The molecular weight excluding hydrogens is 308 g/mol. The molecule has 1 saturated carbocycles. The minimum Gasteiger partial charge on any atom is -0.493 e. The molecule has 0 spiro atoms. The quantitative estimate of drug-likeness (QED) is 0.732. The molecule has 132 valence electrons. The Bertz CT molecular complexity index is 572. The first-order valence-electron chi connectivity index (χ1n) is 8.68. The molecule has 1 heterocycles. The van der Waals surface area contributed by atoms with Gasteiger partial charge >= 0.3 is 0 Å². The van der Waals surface area contributed by atoms with E-state index in [1.807, 2.05) is 18.2 Å². The van der Waals surface area contributed by atoms with E-state index < -0.39 is 6.10 Å². The van der Waals surface area contributed by atoms with Gasteiger partial charge in [-0.3, -0.25) is 4.79 Å². The van der Waals surface area contributed by atoms with Crippen molar-refractivity contribution < 1.29 is 19.4 Å². The van der Waals surface area contributed by atoms with Gasteiger partial charge in [0.25, 0.3) is 0 Å². The van der Waals surface area contributed by atoms with Gasteiger partial charge in [0.1, 0.15) is 0 Å². The molecule has 2 atom stereocenters. The van der Waals surface area contributed by atoms with Gasteiger partial charge in [0.15, 0.2) is 11.5 Å². The summed E-state index contributed by atoms with van der Waals surface area (Å²) in [5.41, 5.74) is 0.956. The van der Waals surface area contributed by atoms with E-state index in [0.717, 1.165) is 24.2 Å². The third-order valence-electron chi connectivity index (χ3n) is 4.71. The van der Waals surface area contributed by atoms with Gasteiger partial charge in [-0.2, -0.15) is 0 Å². The zero-order valence-corrected chi connectivity index (χ0v) is 14.1. The minimum absolute atomic E-state index is 0.0863. The summed E-state index contributed by atoms with van der Waals surface area (Å²) in [5, 5.41) is 15.4. The van der Waals surface area contributed by atoms with Crippen molar-refractivity contribution in [2.45, 2.75) is 56.9 Å². The highest BCUT2D eigenvalue weighted by atomic mass is 16.5. The average Bonchev–Trinajstić information content (AvgIpc) is 3.25. The smallest absolute Gasteiger partial charge is 0.237 e. The minimum atomic E-state index is -0.437. The second kappa shape index (κ2) is 7.85. The molecule has 0 aromatic heterocycles. The van der Waals surface area contributed by atoms with Gasteiger partial charge in [0.05, 0.1) is 25.4 Å². The molecule has 3 N–H and O–H groups in total. The van der Waals surface area contributed by atoms with Crippen LogP contribution in [0.2, 0.25) is 0 Å². The fourth-order valence-corrected chi connectivity index (χ4v) is 3.33. The van der Waals surface area contributed by atoms with Gasteiger partial charge in [-0.05, 0) is 49.8 Å². The van der Waals surface area contributed by atoms with Crippen molar-refractivity contribution in [2.24, 2.45) is 0 Å². The number of aliphatic hydroxyl groups excluding tert-OH is 1. The Labute approximate surface area is 142 Å². The highest BCUT2D eigenvalue weighted by molar-refractivity contribution is 5.82. The van der Waals surface area contributed by atoms with Gasteiger partial charge < -0.3 is 25.2 Å². The Morgan fingerprint density at radius 2 is 2.12 bits per heavy atom. The predicted octanol–water partition coefficient (Wildman–Crippen LogP) is 1.36. The number of hydrogen-bond acceptors (Lipinski definition) is 5. The van der Waals surface area contributed by atoms with Crippen LogP contribution >= 0.6 is 0 Å². The Hall–Kier alpha value is -1.79. The van der Waals surface area contributed by atoms with Crippen molar-refractivity contribution in [1.29, 1.82) is 0 Å². The third-order valence-corrected chi connectivity index (χ3v) is 4.71. The lowest BCUT2D eigenvalue weighted by molar-refractivity contribution is -0.123. The second-order valence-corrected chi connectivity index (χ2v) is 6.58. The number of carbonyl (C=O) groups excluding carboxylic acids is 1. The Kier molecular flexibility index (Phi) is 5.58. The molecule has 24 heavy (non-hydrogen) atoms. The van der Waals surface area contributed by atoms with Crippen LogP contribution in [-0.4, -0.2) is 42.9 Å². The maximum absolute atomic E-state index is 12.1. The molecule has 0 bridgehead atoms. The number of methoxy groups -OCH3 is 1. The number of β-amino-alcohol motifs (C(OH)–C–C–N with tert-alkyl or cyclic N) is 1. The number of benzene rings is 1. The van der Waals surface area contributed by atoms with Crippen LogP contribution in [0.5, 0.6) is 11.5 Å². The Morgan fingerprint density at radius 3 is 2.79 bits per heavy atom. The van der Waals surface area contributed by atoms with E-state index in [9.17, 15) is 9.90 Å². The molecule has 2 aliphatic rings. The summed E-state index contributed by atoms with van der Waals surface area (Å²) in [6.07, 6.45) is 4.95. The summed E-state index contributed by atoms with van der Waals surface area (Å²) in [7, 11) is 1.63. The SMILES string of the molecule is COc1cc(CNC(=O)[C@H]2C[C@@H](O)CN2)ccc1OC1CCCC1. The fraction of sp³-hybridized carbons (Fsp3) is 0.611. The maximum Gasteiger partial charge on any atom is 0.237 e. The molecule has 1 aliphatic heterocycles. The van der Waals surface area contributed by atoms with Crippen LogP contribution in [0.25, 0.3) is 0 Å². The largest absolute Gasteiger partial charge is 0.493 e. The summed E-state index contributed by atoms with van der Waals surface area (Å²) in [4.78, 5) is 12.1. The first-order valence-corrected chi connectivity index (χ1v) is 8.68. The molecule has 0 unspecified atom stereocenters. The topological polar surface area (TPSA) is 79.8 Å². The maximum atomic E-state index is 12.1. The van der Waals surface area contributed by atoms with Crippen LogP contribution in [0, 0.1) is 0 Å². The van der Waals surface area contributed by atoms with E-state index in [2.05, 4.69) is 10.6 Å². The summed E-state index contributed by atoms with van der Waals surface area (Å²) in [5.74, 6) is 1.37. The van der Waals surface area contributed by atoms with Crippen molar-refractivity contribution in [2.75, 3.05) is 13.7 Å². The lowest BCUT2D eigenvalue weighted by Crippen LogP contribution is -2.40. The highest BCUT2D eigenvalue weighted by Crippen LogP contribution is 2.32. The summed E-state index contributed by atoms with van der Waals surface area (Å²) in [6.45, 7) is 0.895. The zero-order valence-electron chi connectivity index (χ0n) is 14.1. The number of hydrogen-bond donors (Lipinski definition) is 3. The van der Waals surface area contributed by atoms with Crippen LogP contribution in [0.4, 0.5) is 0 Å². The standard InChI is InChI=1S/C18H26N2O4/c1-23-17-8-12(6-7-16(17)24-14-4-2-3-5-14)10-20-18(22)15-9-13(21)11-19-15/h6-8,13-15,19,21H,2-5,9-11H2,1H3,(H,20,22)/t13-,15-/m1/s1. The predicted molar refractivity (Wildman–Crippen MR) is 90.1 cm³/mol. The normalized spacial score (nSPS) is 24.1. The molecule has 6 heteroatoms. The number of rotatable bonds is 6. The molecular formula is C18H26N2O4. The fourth-order valence-electron chi connectivity index (χ4n) is 3.33. The third kappa shape index (κ3) is 4.19. The van der Waals surface area contributed by atoms with Crippen LogP contribution < -0.4 is 20.1 Å². The molecule has 1 aromatic rings. The monoisotopic (exact) mass is 334 g/mol. The molecule has 0 radical (unpaired) electrons. The average molecular weight is 334 g/mol. The first-order chi connectivity index (χ1) is 11.7. The van der Waals surface area contributed by atoms with Crippen molar-refractivity contribution >= 4 is 5.91 Å². The summed E-state index contributed by atoms with van der Waals surface area (Å²) >= 11 is 0. The van der Waals surface area contributed by atoms with Crippen LogP contribution in [0.1, 0.15) is 37.7 Å². The van der Waals surface area contributed by atoms with Gasteiger partial charge in [0, 0.05) is 13.1 Å². The van der Waals surface area contributed by atoms with E-state index in [-0.39, 0.29) is 18.1 Å². The molecule has 1 saturated heterocycles. The van der Waals surface area contributed by atoms with Crippen molar-refractivity contribution in [3.8, 4) is 11.5 Å². The van der Waals surface area contributed by atoms with E-state index in [0.29, 0.717) is 25.3 Å². The van der Waals surface area contributed by atoms with Crippen LogP contribution in [0.3, 0.4) is 0 Å². The van der Waals surface area contributed by atoms with Gasteiger partial charge in [-0.15, -0.1) is 0 Å². The van der Waals surface area contributed by atoms with Crippen molar-refractivity contribution in [3.63, 3.8) is 0 Å². The van der Waals surface area contributed by atoms with E-state index >= 15 is 0 Å². The van der Waals surface area contributed by atoms with Crippen molar-refractivity contribution in [1.82, 2.24) is 10.6 Å². The molecule has 2 fully saturated rings. The van der Waals surface area contributed by atoms with Gasteiger partial charge in [0.2, 0.25) is 5.91 Å². The van der Waals surface area contributed by atoms with Crippen molar-refractivity contribution in [3.05, 3.63) is 23.8 Å². The first kappa shape index (κ1) is 17.0. The van der Waals surface area contributed by atoms with Gasteiger partial charge in [-0.1, -0.05) is 6.07 Å². The zero-order chi connectivity index (χ0) is 16.9. The summed E-state index contributed by atoms with van der Waals surface area (Å²) < 4.78 is 11.5. The van der Waals surface area contributed by atoms with E-state index in [4.69, 9.17) is 9.47 Å². The number of ether oxygens (including phenoxy) is 2. The Balaban J connectivity index is 1.56. The number of aliphatic hydroxyl groups is 1. The second-order valence-electron chi connectivity index (χ2n) is 6.58. The van der Waals surface area contributed by atoms with Gasteiger partial charge in [-0.25, -0.2) is 0 Å². The van der Waals surface area contributed by atoms with Crippen LogP contribution in [0.15, 0.2) is 18.2 Å². The van der Waals surface area contributed by atoms with Crippen LogP contribution in [-0.2, 0) is 11.3 Å². The molecule has 6 nitrogen and oxygen atoms in total. The molecule has 1 aromatic carbocycles. The molecule has 3 rings (SSSR count). The lowest BCUT2D eigenvalue weighted by Gasteiger charge is -2.17. The molecule has 1 amide bonds. The van der Waals surface area contributed by atoms with E-state index in [1.165, 1.54) is 12.8 Å². The molecule has 1 aliphatic carbocycles. The number of amides is 1. The number of nitrogens with one attached hydrogen (secondary N) is 2. The van der Waals surface area contributed by atoms with E-state index in [1.54, 1.807) is 7.11 Å². The highest BCUT2D eigenvalue weighted by Gasteiger charge is 2.27. The lowest BCUT2D eigenvalue weighted by atomic mass is 10.1. The summed E-state index contributed by atoms with van der Waals surface area (Å²) in [6, 6.07) is 5.45. The number of carbonyl (C=O) groups is 1.